The number of ether oxygens (including phenoxy) is 1. The van der Waals surface area contributed by atoms with Gasteiger partial charge >= 0.3 is 0 Å². The Morgan fingerprint density at radius 2 is 1.65 bits per heavy atom. The fraction of sp³-hybridized carbons (Fsp3) is 0.436. The number of H-pyrrole nitrogens is 2. The number of benzene rings is 3. The highest BCUT2D eigenvalue weighted by Gasteiger charge is 2.22. The lowest BCUT2D eigenvalue weighted by molar-refractivity contribution is -0.133. The SMILES string of the molecule is CCCC(=O)N(CCC)Cc1nc2c(ccc3cc4c(cc32)OCc2cc(-c3cnc(CN(CCC)C(=O)CC(C)CC)[nH]3)ccc2-4)[nH]1. The van der Waals surface area contributed by atoms with E-state index in [4.69, 9.17) is 9.72 Å². The number of rotatable bonds is 14. The normalized spacial score (nSPS) is 12.9. The zero-order valence-electron chi connectivity index (χ0n) is 29.0. The van der Waals surface area contributed by atoms with E-state index in [0.717, 1.165) is 106 Å². The summed E-state index contributed by atoms with van der Waals surface area (Å²) in [5.41, 5.74) is 7.13. The Bertz CT molecular complexity index is 1920. The van der Waals surface area contributed by atoms with Crippen molar-refractivity contribution in [3.05, 3.63) is 65.9 Å². The third-order valence-electron chi connectivity index (χ3n) is 9.39. The van der Waals surface area contributed by atoms with E-state index in [-0.39, 0.29) is 11.8 Å². The second-order valence-electron chi connectivity index (χ2n) is 13.2. The van der Waals surface area contributed by atoms with Gasteiger partial charge in [0.25, 0.3) is 0 Å². The van der Waals surface area contributed by atoms with Crippen molar-refractivity contribution in [1.82, 2.24) is 29.7 Å². The van der Waals surface area contributed by atoms with Crippen LogP contribution in [0, 0.1) is 5.92 Å². The number of nitrogens with zero attached hydrogens (tertiary/aromatic N) is 4. The summed E-state index contributed by atoms with van der Waals surface area (Å²) in [5, 5.41) is 2.12. The molecule has 3 aromatic carbocycles. The van der Waals surface area contributed by atoms with Gasteiger partial charge in [-0.1, -0.05) is 59.2 Å². The Morgan fingerprint density at radius 3 is 2.40 bits per heavy atom. The van der Waals surface area contributed by atoms with Crippen LogP contribution in [0.25, 0.3) is 44.2 Å². The van der Waals surface area contributed by atoms with Gasteiger partial charge in [-0.25, -0.2) is 9.97 Å². The summed E-state index contributed by atoms with van der Waals surface area (Å²) in [5.74, 6) is 3.16. The Balaban J connectivity index is 1.24. The van der Waals surface area contributed by atoms with E-state index in [1.54, 1.807) is 0 Å². The van der Waals surface area contributed by atoms with Gasteiger partial charge in [0.1, 0.15) is 24.0 Å². The largest absolute Gasteiger partial charge is 0.488 e. The Hall–Kier alpha value is -4.66. The molecule has 1 aliphatic rings. The highest BCUT2D eigenvalue weighted by Crippen LogP contribution is 2.42. The Morgan fingerprint density at radius 1 is 0.875 bits per heavy atom. The molecule has 252 valence electrons. The Labute approximate surface area is 283 Å². The van der Waals surface area contributed by atoms with Crippen molar-refractivity contribution in [3.8, 4) is 28.1 Å². The van der Waals surface area contributed by atoms with Crippen LogP contribution in [-0.2, 0) is 29.3 Å². The number of imidazole rings is 2. The van der Waals surface area contributed by atoms with Crippen LogP contribution < -0.4 is 4.74 Å². The first-order valence-corrected chi connectivity index (χ1v) is 17.6. The number of hydrogen-bond donors (Lipinski definition) is 2. The van der Waals surface area contributed by atoms with Crippen molar-refractivity contribution in [2.45, 2.75) is 92.8 Å². The van der Waals surface area contributed by atoms with E-state index >= 15 is 0 Å². The first kappa shape index (κ1) is 33.2. The fourth-order valence-electron chi connectivity index (χ4n) is 6.60. The van der Waals surface area contributed by atoms with Crippen LogP contribution in [0.3, 0.4) is 0 Å². The van der Waals surface area contributed by atoms with Gasteiger partial charge in [0.15, 0.2) is 0 Å². The van der Waals surface area contributed by atoms with Gasteiger partial charge in [0.2, 0.25) is 11.8 Å². The van der Waals surface area contributed by atoms with Crippen LogP contribution in [0.2, 0.25) is 0 Å². The summed E-state index contributed by atoms with van der Waals surface area (Å²) in [6.07, 6.45) is 6.63. The molecule has 1 atom stereocenters. The third-order valence-corrected chi connectivity index (χ3v) is 9.39. The first-order valence-electron chi connectivity index (χ1n) is 17.6. The number of nitrogens with one attached hydrogen (secondary N) is 2. The van der Waals surface area contributed by atoms with Crippen molar-refractivity contribution in [2.75, 3.05) is 13.1 Å². The van der Waals surface area contributed by atoms with Crippen molar-refractivity contribution < 1.29 is 14.3 Å². The van der Waals surface area contributed by atoms with E-state index in [2.05, 4.69) is 85.1 Å². The van der Waals surface area contributed by atoms with Crippen LogP contribution in [0.4, 0.5) is 0 Å². The molecule has 0 aliphatic carbocycles. The van der Waals surface area contributed by atoms with Gasteiger partial charge in [-0.05, 0) is 71.5 Å². The third kappa shape index (κ3) is 6.96. The summed E-state index contributed by atoms with van der Waals surface area (Å²) in [7, 11) is 0. The standard InChI is InChI=1S/C39H48N6O3/c1-6-10-37(46)44(15-7-2)23-36-41-32-14-12-26-19-31-29-13-11-27(18-28(29)24-48-34(31)20-30(26)39(32)43-36)33-21-40-35(42-33)22-45(16-8-3)38(47)17-25(5)9-4/h11-14,18-21,25H,6-10,15-17,22-24H2,1-5H3,(H,40,42)(H,41,43). The van der Waals surface area contributed by atoms with E-state index < -0.39 is 0 Å². The highest BCUT2D eigenvalue weighted by molar-refractivity contribution is 6.07. The number of carbonyl (C=O) groups is 2. The van der Waals surface area contributed by atoms with Gasteiger partial charge in [-0.3, -0.25) is 9.59 Å². The number of hydrogen-bond acceptors (Lipinski definition) is 5. The van der Waals surface area contributed by atoms with Crippen LogP contribution in [-0.4, -0.2) is 54.6 Å². The topological polar surface area (TPSA) is 107 Å². The zero-order chi connectivity index (χ0) is 33.8. The average molecular weight is 649 g/mol. The molecular weight excluding hydrogens is 600 g/mol. The molecule has 0 saturated heterocycles. The van der Waals surface area contributed by atoms with Crippen LogP contribution in [0.5, 0.6) is 5.75 Å². The fourth-order valence-corrected chi connectivity index (χ4v) is 6.60. The molecule has 3 heterocycles. The molecule has 0 saturated carbocycles. The van der Waals surface area contributed by atoms with Gasteiger partial charge in [0, 0.05) is 36.9 Å². The van der Waals surface area contributed by atoms with E-state index in [1.807, 2.05) is 22.9 Å². The van der Waals surface area contributed by atoms with E-state index in [9.17, 15) is 9.59 Å². The molecule has 48 heavy (non-hydrogen) atoms. The number of fused-ring (bicyclic) bond motifs is 6. The summed E-state index contributed by atoms with van der Waals surface area (Å²) >= 11 is 0. The molecule has 1 unspecified atom stereocenters. The summed E-state index contributed by atoms with van der Waals surface area (Å²) in [6, 6.07) is 14.9. The van der Waals surface area contributed by atoms with Gasteiger partial charge in [0.05, 0.1) is 36.0 Å². The molecule has 0 bridgehead atoms. The van der Waals surface area contributed by atoms with Crippen LogP contribution in [0.1, 0.15) is 90.4 Å². The molecule has 2 amide bonds. The van der Waals surface area contributed by atoms with Crippen molar-refractivity contribution in [2.24, 2.45) is 5.92 Å². The van der Waals surface area contributed by atoms with E-state index in [0.29, 0.717) is 38.5 Å². The van der Waals surface area contributed by atoms with E-state index in [1.165, 1.54) is 0 Å². The minimum absolute atomic E-state index is 0.171. The van der Waals surface area contributed by atoms with Crippen molar-refractivity contribution >= 4 is 33.6 Å². The minimum atomic E-state index is 0.171. The molecule has 9 nitrogen and oxygen atoms in total. The summed E-state index contributed by atoms with van der Waals surface area (Å²) in [4.78, 5) is 46.0. The number of amides is 2. The quantitative estimate of drug-likeness (QED) is 0.126. The molecule has 5 aromatic rings. The minimum Gasteiger partial charge on any atom is -0.488 e. The maximum atomic E-state index is 12.9. The second kappa shape index (κ2) is 14.6. The summed E-state index contributed by atoms with van der Waals surface area (Å²) < 4.78 is 6.35. The van der Waals surface area contributed by atoms with Crippen LogP contribution in [0.15, 0.2) is 48.7 Å². The molecule has 6 rings (SSSR count). The zero-order valence-corrected chi connectivity index (χ0v) is 29.0. The predicted octanol–water partition coefficient (Wildman–Crippen LogP) is 8.38. The Kier molecular flexibility index (Phi) is 10.1. The molecule has 1 aliphatic heterocycles. The maximum Gasteiger partial charge on any atom is 0.223 e. The maximum absolute atomic E-state index is 12.9. The smallest absolute Gasteiger partial charge is 0.223 e. The van der Waals surface area contributed by atoms with Crippen molar-refractivity contribution in [3.63, 3.8) is 0 Å². The number of carbonyl (C=O) groups excluding carboxylic acids is 2. The summed E-state index contributed by atoms with van der Waals surface area (Å²) in [6.45, 7) is 13.3. The highest BCUT2D eigenvalue weighted by atomic mass is 16.5. The lowest BCUT2D eigenvalue weighted by atomic mass is 9.92. The average Bonchev–Trinajstić information content (AvgIpc) is 3.74. The van der Waals surface area contributed by atoms with Gasteiger partial charge in [-0.2, -0.15) is 0 Å². The molecule has 0 spiro atoms. The molecular formula is C39H48N6O3. The molecule has 9 heteroatoms. The molecule has 2 N–H and O–H groups in total. The lowest BCUT2D eigenvalue weighted by Crippen LogP contribution is -2.32. The molecule has 0 fully saturated rings. The van der Waals surface area contributed by atoms with Crippen LogP contribution >= 0.6 is 0 Å². The molecule has 0 radical (unpaired) electrons. The van der Waals surface area contributed by atoms with Crippen molar-refractivity contribution in [1.29, 1.82) is 0 Å². The first-order chi connectivity index (χ1) is 23.3. The number of aromatic amines is 2. The monoisotopic (exact) mass is 648 g/mol. The van der Waals surface area contributed by atoms with Gasteiger partial charge < -0.3 is 24.5 Å². The second-order valence-corrected chi connectivity index (χ2v) is 13.2. The van der Waals surface area contributed by atoms with Gasteiger partial charge in [-0.15, -0.1) is 0 Å². The lowest BCUT2D eigenvalue weighted by Gasteiger charge is -2.23. The molecule has 2 aromatic heterocycles. The number of aromatic nitrogens is 4. The predicted molar refractivity (Wildman–Crippen MR) is 191 cm³/mol.